The van der Waals surface area contributed by atoms with Gasteiger partial charge in [0.1, 0.15) is 18.1 Å². The molecule has 0 unspecified atom stereocenters. The van der Waals surface area contributed by atoms with Crippen LogP contribution in [0.15, 0.2) is 67.0 Å². The smallest absolute Gasteiger partial charge is 0.257 e. The van der Waals surface area contributed by atoms with E-state index in [4.69, 9.17) is 9.47 Å². The molecule has 4 aromatic rings. The molecule has 7 heteroatoms. The van der Waals surface area contributed by atoms with Crippen LogP contribution in [0.3, 0.4) is 0 Å². The number of aromatic nitrogens is 2. The van der Waals surface area contributed by atoms with Crippen molar-refractivity contribution in [3.05, 3.63) is 78.1 Å². The molecule has 0 saturated carbocycles. The van der Waals surface area contributed by atoms with Gasteiger partial charge in [-0.1, -0.05) is 17.4 Å². The lowest BCUT2D eigenvalue weighted by atomic mass is 10.2. The van der Waals surface area contributed by atoms with E-state index in [1.54, 1.807) is 43.8 Å². The second kappa shape index (κ2) is 8.06. The van der Waals surface area contributed by atoms with E-state index in [1.807, 2.05) is 30.3 Å². The first kappa shape index (κ1) is 17.9. The maximum Gasteiger partial charge on any atom is 0.257 e. The summed E-state index contributed by atoms with van der Waals surface area (Å²) in [6, 6.07) is 16.4. The molecule has 0 bridgehead atoms. The molecule has 0 fully saturated rings. The minimum Gasteiger partial charge on any atom is -0.497 e. The standard InChI is InChI=1S/C21H17N3O3S/c1-26-17-8-9-18-19(11-17)28-21(23-18)24-20(25)15-4-6-16(7-5-15)27-13-14-3-2-10-22-12-14/h2-12H,13H2,1H3,(H,23,24,25). The highest BCUT2D eigenvalue weighted by Crippen LogP contribution is 2.29. The molecule has 0 aliphatic heterocycles. The minimum atomic E-state index is -0.218. The van der Waals surface area contributed by atoms with Gasteiger partial charge in [-0.3, -0.25) is 15.1 Å². The van der Waals surface area contributed by atoms with Crippen LogP contribution in [-0.4, -0.2) is 23.0 Å². The highest BCUT2D eigenvalue weighted by atomic mass is 32.1. The Morgan fingerprint density at radius 3 is 2.68 bits per heavy atom. The Bertz CT molecular complexity index is 1100. The fourth-order valence-corrected chi connectivity index (χ4v) is 3.50. The summed E-state index contributed by atoms with van der Waals surface area (Å²) in [5.41, 5.74) is 2.34. The molecular formula is C21H17N3O3S. The van der Waals surface area contributed by atoms with E-state index >= 15 is 0 Å². The third-order valence-corrected chi connectivity index (χ3v) is 4.99. The number of ether oxygens (including phenoxy) is 2. The first-order valence-electron chi connectivity index (χ1n) is 8.59. The van der Waals surface area contributed by atoms with Crippen molar-refractivity contribution in [2.75, 3.05) is 12.4 Å². The van der Waals surface area contributed by atoms with Crippen LogP contribution in [0.25, 0.3) is 10.2 Å². The molecule has 2 aromatic carbocycles. The van der Waals surface area contributed by atoms with Crippen LogP contribution < -0.4 is 14.8 Å². The number of amides is 1. The highest BCUT2D eigenvalue weighted by Gasteiger charge is 2.11. The van der Waals surface area contributed by atoms with E-state index in [0.29, 0.717) is 23.1 Å². The maximum atomic E-state index is 12.5. The molecule has 4 rings (SSSR count). The van der Waals surface area contributed by atoms with Crippen molar-refractivity contribution in [2.45, 2.75) is 6.61 Å². The lowest BCUT2D eigenvalue weighted by Crippen LogP contribution is -2.11. The van der Waals surface area contributed by atoms with Crippen molar-refractivity contribution in [2.24, 2.45) is 0 Å². The summed E-state index contributed by atoms with van der Waals surface area (Å²) in [5, 5.41) is 3.39. The van der Waals surface area contributed by atoms with Crippen LogP contribution in [0.4, 0.5) is 5.13 Å². The molecule has 0 atom stereocenters. The fourth-order valence-electron chi connectivity index (χ4n) is 2.61. The normalized spacial score (nSPS) is 10.6. The fraction of sp³-hybridized carbons (Fsp3) is 0.0952. The average Bonchev–Trinajstić information content (AvgIpc) is 3.14. The van der Waals surface area contributed by atoms with E-state index in [9.17, 15) is 4.79 Å². The number of fused-ring (bicyclic) bond motifs is 1. The van der Waals surface area contributed by atoms with Crippen molar-refractivity contribution in [1.29, 1.82) is 0 Å². The first-order chi connectivity index (χ1) is 13.7. The second-order valence-corrected chi connectivity index (χ2v) is 7.01. The van der Waals surface area contributed by atoms with E-state index in [2.05, 4.69) is 15.3 Å². The summed E-state index contributed by atoms with van der Waals surface area (Å²) in [6.45, 7) is 0.425. The van der Waals surface area contributed by atoms with E-state index in [-0.39, 0.29) is 5.91 Å². The first-order valence-corrected chi connectivity index (χ1v) is 9.40. The number of rotatable bonds is 6. The Balaban J connectivity index is 1.40. The van der Waals surface area contributed by atoms with Gasteiger partial charge in [-0.2, -0.15) is 0 Å². The zero-order valence-electron chi connectivity index (χ0n) is 15.1. The summed E-state index contributed by atoms with van der Waals surface area (Å²) in [4.78, 5) is 21.0. The number of methoxy groups -OCH3 is 1. The molecule has 0 radical (unpaired) electrons. The number of hydrogen-bond acceptors (Lipinski definition) is 6. The summed E-state index contributed by atoms with van der Waals surface area (Å²) in [5.74, 6) is 1.23. The van der Waals surface area contributed by atoms with Gasteiger partial charge in [0.2, 0.25) is 0 Å². The van der Waals surface area contributed by atoms with Crippen LogP contribution in [-0.2, 0) is 6.61 Å². The molecule has 1 N–H and O–H groups in total. The predicted molar refractivity (Wildman–Crippen MR) is 109 cm³/mol. The number of hydrogen-bond donors (Lipinski definition) is 1. The van der Waals surface area contributed by atoms with Gasteiger partial charge in [0, 0.05) is 23.5 Å². The summed E-state index contributed by atoms with van der Waals surface area (Å²) < 4.78 is 11.9. The maximum absolute atomic E-state index is 12.5. The van der Waals surface area contributed by atoms with Crippen molar-refractivity contribution in [3.63, 3.8) is 0 Å². The molecule has 1 amide bonds. The molecule has 6 nitrogen and oxygen atoms in total. The van der Waals surface area contributed by atoms with Gasteiger partial charge < -0.3 is 9.47 Å². The number of benzene rings is 2. The quantitative estimate of drug-likeness (QED) is 0.523. The van der Waals surface area contributed by atoms with Crippen molar-refractivity contribution >= 4 is 32.6 Å². The van der Waals surface area contributed by atoms with Gasteiger partial charge in [0.05, 0.1) is 17.3 Å². The van der Waals surface area contributed by atoms with Gasteiger partial charge in [-0.15, -0.1) is 0 Å². The van der Waals surface area contributed by atoms with E-state index < -0.39 is 0 Å². The number of carbonyl (C=O) groups is 1. The van der Waals surface area contributed by atoms with Crippen LogP contribution in [0.5, 0.6) is 11.5 Å². The average molecular weight is 391 g/mol. The molecule has 0 saturated heterocycles. The summed E-state index contributed by atoms with van der Waals surface area (Å²) in [6.07, 6.45) is 3.48. The van der Waals surface area contributed by atoms with Crippen molar-refractivity contribution < 1.29 is 14.3 Å². The minimum absolute atomic E-state index is 0.218. The monoisotopic (exact) mass is 391 g/mol. The molecule has 0 spiro atoms. The number of anilines is 1. The van der Waals surface area contributed by atoms with Gasteiger partial charge in [-0.25, -0.2) is 4.98 Å². The Morgan fingerprint density at radius 1 is 1.11 bits per heavy atom. The van der Waals surface area contributed by atoms with Crippen LogP contribution >= 0.6 is 11.3 Å². The summed E-state index contributed by atoms with van der Waals surface area (Å²) in [7, 11) is 1.62. The van der Waals surface area contributed by atoms with Crippen LogP contribution in [0, 0.1) is 0 Å². The van der Waals surface area contributed by atoms with Crippen LogP contribution in [0.1, 0.15) is 15.9 Å². The molecule has 140 valence electrons. The van der Waals surface area contributed by atoms with Gasteiger partial charge in [-0.05, 0) is 48.5 Å². The van der Waals surface area contributed by atoms with E-state index in [1.165, 1.54) is 11.3 Å². The molecule has 2 aromatic heterocycles. The SMILES string of the molecule is COc1ccc2nc(NC(=O)c3ccc(OCc4cccnc4)cc3)sc2c1. The predicted octanol–water partition coefficient (Wildman–Crippen LogP) is 4.53. The highest BCUT2D eigenvalue weighted by molar-refractivity contribution is 7.22. The number of pyridine rings is 1. The Kier molecular flexibility index (Phi) is 5.16. The van der Waals surface area contributed by atoms with Gasteiger partial charge >= 0.3 is 0 Å². The molecule has 0 aliphatic rings. The molecule has 2 heterocycles. The van der Waals surface area contributed by atoms with Crippen molar-refractivity contribution in [3.8, 4) is 11.5 Å². The lowest BCUT2D eigenvalue weighted by molar-refractivity contribution is 0.102. The molecular weight excluding hydrogens is 374 g/mol. The van der Waals surface area contributed by atoms with Gasteiger partial charge in [0.25, 0.3) is 5.91 Å². The molecule has 0 aliphatic carbocycles. The topological polar surface area (TPSA) is 73.3 Å². The number of nitrogens with one attached hydrogen (secondary N) is 1. The van der Waals surface area contributed by atoms with Gasteiger partial charge in [0.15, 0.2) is 5.13 Å². The number of nitrogens with zero attached hydrogens (tertiary/aromatic N) is 2. The zero-order valence-corrected chi connectivity index (χ0v) is 15.9. The second-order valence-electron chi connectivity index (χ2n) is 5.98. The summed E-state index contributed by atoms with van der Waals surface area (Å²) >= 11 is 1.41. The van der Waals surface area contributed by atoms with E-state index in [0.717, 1.165) is 21.5 Å². The number of thiazole rings is 1. The van der Waals surface area contributed by atoms with Crippen molar-refractivity contribution in [1.82, 2.24) is 9.97 Å². The Morgan fingerprint density at radius 2 is 1.93 bits per heavy atom. The largest absolute Gasteiger partial charge is 0.497 e. The Hall–Kier alpha value is -3.45. The zero-order chi connectivity index (χ0) is 19.3. The third-order valence-electron chi connectivity index (χ3n) is 4.06. The Labute approximate surface area is 165 Å². The van der Waals surface area contributed by atoms with Crippen LogP contribution in [0.2, 0.25) is 0 Å². The molecule has 28 heavy (non-hydrogen) atoms. The lowest BCUT2D eigenvalue weighted by Gasteiger charge is -2.07. The number of carbonyl (C=O) groups excluding carboxylic acids is 1. The third kappa shape index (κ3) is 4.10.